The molecule has 1 fully saturated rings. The summed E-state index contributed by atoms with van der Waals surface area (Å²) < 4.78 is 18.4. The van der Waals surface area contributed by atoms with Crippen molar-refractivity contribution < 1.29 is 18.7 Å². The van der Waals surface area contributed by atoms with E-state index in [1.165, 1.54) is 12.1 Å². The second kappa shape index (κ2) is 12.5. The summed E-state index contributed by atoms with van der Waals surface area (Å²) in [7, 11) is 0. The molecule has 0 bridgehead atoms. The minimum atomic E-state index is -0.303. The Kier molecular flexibility index (Phi) is 10.7. The van der Waals surface area contributed by atoms with Gasteiger partial charge in [-0.1, -0.05) is 0 Å². The second-order valence-corrected chi connectivity index (χ2v) is 6.49. The summed E-state index contributed by atoms with van der Waals surface area (Å²) in [6.45, 7) is 1.95. The molecule has 1 aliphatic rings. The number of hydrogen-bond acceptors (Lipinski definition) is 4. The van der Waals surface area contributed by atoms with Crippen LogP contribution in [0.15, 0.2) is 24.3 Å². The van der Waals surface area contributed by atoms with Gasteiger partial charge in [-0.15, -0.1) is 12.4 Å². The number of carbonyl (C=O) groups excluding carboxylic acids is 2. The molecule has 152 valence electrons. The lowest BCUT2D eigenvalue weighted by Crippen LogP contribution is -2.49. The number of halogens is 2. The summed E-state index contributed by atoms with van der Waals surface area (Å²) in [5, 5.41) is 2.86. The SMILES string of the molecule is Cl.NCCC(=O)NCC1CCCCN1C(=O)CCCOc1ccc(F)cc1. The van der Waals surface area contributed by atoms with Crippen LogP contribution in [0.4, 0.5) is 4.39 Å². The average molecular weight is 402 g/mol. The van der Waals surface area contributed by atoms with E-state index in [9.17, 15) is 14.0 Å². The number of nitrogens with one attached hydrogen (secondary N) is 1. The number of likely N-dealkylation sites (tertiary alicyclic amines) is 1. The van der Waals surface area contributed by atoms with Crippen molar-refractivity contribution >= 4 is 24.2 Å². The molecule has 1 aliphatic heterocycles. The molecule has 1 saturated heterocycles. The Hall–Kier alpha value is -1.86. The summed E-state index contributed by atoms with van der Waals surface area (Å²) in [6.07, 6.45) is 4.26. The summed E-state index contributed by atoms with van der Waals surface area (Å²) in [6, 6.07) is 5.88. The first-order valence-electron chi connectivity index (χ1n) is 9.24. The first kappa shape index (κ1) is 23.2. The summed E-state index contributed by atoms with van der Waals surface area (Å²) in [5.74, 6) is 0.309. The van der Waals surface area contributed by atoms with Gasteiger partial charge in [0.05, 0.1) is 6.61 Å². The number of ether oxygens (including phenoxy) is 1. The van der Waals surface area contributed by atoms with E-state index in [4.69, 9.17) is 10.5 Å². The Morgan fingerprint density at radius 2 is 1.96 bits per heavy atom. The number of carbonyl (C=O) groups is 2. The van der Waals surface area contributed by atoms with Crippen molar-refractivity contribution in [2.45, 2.75) is 44.6 Å². The third-order valence-electron chi connectivity index (χ3n) is 4.47. The fourth-order valence-electron chi connectivity index (χ4n) is 3.08. The van der Waals surface area contributed by atoms with Crippen LogP contribution in [0.2, 0.25) is 0 Å². The maximum absolute atomic E-state index is 12.8. The predicted molar refractivity (Wildman–Crippen MR) is 104 cm³/mol. The van der Waals surface area contributed by atoms with Gasteiger partial charge >= 0.3 is 0 Å². The molecule has 2 amide bonds. The highest BCUT2D eigenvalue weighted by Gasteiger charge is 2.26. The smallest absolute Gasteiger partial charge is 0.223 e. The van der Waals surface area contributed by atoms with E-state index in [1.807, 2.05) is 4.90 Å². The van der Waals surface area contributed by atoms with Gasteiger partial charge in [0.1, 0.15) is 11.6 Å². The van der Waals surface area contributed by atoms with E-state index in [1.54, 1.807) is 12.1 Å². The Morgan fingerprint density at radius 1 is 1.22 bits per heavy atom. The van der Waals surface area contributed by atoms with Crippen LogP contribution >= 0.6 is 12.4 Å². The van der Waals surface area contributed by atoms with Crippen LogP contribution in [-0.2, 0) is 9.59 Å². The van der Waals surface area contributed by atoms with Crippen LogP contribution in [0.3, 0.4) is 0 Å². The fraction of sp³-hybridized carbons (Fsp3) is 0.579. The van der Waals surface area contributed by atoms with Gasteiger partial charge in [-0.25, -0.2) is 4.39 Å². The highest BCUT2D eigenvalue weighted by atomic mass is 35.5. The standard InChI is InChI=1S/C19H28FN3O3.ClH/c20-15-6-8-17(9-7-15)26-13-3-5-19(25)23-12-2-1-4-16(23)14-22-18(24)10-11-21;/h6-9,16H,1-5,10-14,21H2,(H,22,24);1H. The predicted octanol–water partition coefficient (Wildman–Crippen LogP) is 2.25. The van der Waals surface area contributed by atoms with Crippen LogP contribution in [0.5, 0.6) is 5.75 Å². The van der Waals surface area contributed by atoms with Crippen molar-refractivity contribution in [1.29, 1.82) is 0 Å². The minimum absolute atomic E-state index is 0. The Morgan fingerprint density at radius 3 is 2.67 bits per heavy atom. The molecule has 1 atom stereocenters. The third kappa shape index (κ3) is 8.13. The van der Waals surface area contributed by atoms with Crippen molar-refractivity contribution in [1.82, 2.24) is 10.2 Å². The highest BCUT2D eigenvalue weighted by Crippen LogP contribution is 2.18. The molecule has 0 saturated carbocycles. The van der Waals surface area contributed by atoms with Gasteiger partial charge in [-0.2, -0.15) is 0 Å². The second-order valence-electron chi connectivity index (χ2n) is 6.49. The largest absolute Gasteiger partial charge is 0.494 e. The maximum atomic E-state index is 12.8. The quantitative estimate of drug-likeness (QED) is 0.621. The number of rotatable bonds is 9. The molecule has 1 unspecified atom stereocenters. The number of piperidine rings is 1. The maximum Gasteiger partial charge on any atom is 0.223 e. The molecular weight excluding hydrogens is 373 g/mol. The molecule has 8 heteroatoms. The van der Waals surface area contributed by atoms with Crippen molar-refractivity contribution in [2.24, 2.45) is 5.73 Å². The average Bonchev–Trinajstić information content (AvgIpc) is 2.65. The number of benzene rings is 1. The lowest BCUT2D eigenvalue weighted by Gasteiger charge is -2.36. The number of hydrogen-bond donors (Lipinski definition) is 2. The molecule has 1 aromatic rings. The van der Waals surface area contributed by atoms with Crippen molar-refractivity contribution in [3.63, 3.8) is 0 Å². The normalized spacial score (nSPS) is 16.4. The fourth-order valence-corrected chi connectivity index (χ4v) is 3.08. The Bertz CT molecular complexity index is 586. The third-order valence-corrected chi connectivity index (χ3v) is 4.47. The van der Waals surface area contributed by atoms with Gasteiger partial charge in [0.2, 0.25) is 11.8 Å². The van der Waals surface area contributed by atoms with Gasteiger partial charge in [0.25, 0.3) is 0 Å². The van der Waals surface area contributed by atoms with E-state index >= 15 is 0 Å². The Labute approximate surface area is 166 Å². The molecule has 0 radical (unpaired) electrons. The molecular formula is C19H29ClFN3O3. The topological polar surface area (TPSA) is 84.7 Å². The lowest BCUT2D eigenvalue weighted by atomic mass is 10.0. The van der Waals surface area contributed by atoms with Gasteiger partial charge in [0.15, 0.2) is 0 Å². The van der Waals surface area contributed by atoms with E-state index in [0.717, 1.165) is 25.8 Å². The molecule has 1 heterocycles. The van der Waals surface area contributed by atoms with Crippen molar-refractivity contribution in [3.8, 4) is 5.75 Å². The molecule has 0 aliphatic carbocycles. The zero-order valence-corrected chi connectivity index (χ0v) is 16.3. The van der Waals surface area contributed by atoms with Crippen LogP contribution < -0.4 is 15.8 Å². The molecule has 2 rings (SSSR count). The first-order valence-corrected chi connectivity index (χ1v) is 9.24. The van der Waals surface area contributed by atoms with Gasteiger partial charge in [0, 0.05) is 38.5 Å². The van der Waals surface area contributed by atoms with E-state index in [0.29, 0.717) is 44.7 Å². The number of nitrogens with two attached hydrogens (primary N) is 1. The van der Waals surface area contributed by atoms with E-state index in [2.05, 4.69) is 5.32 Å². The zero-order valence-electron chi connectivity index (χ0n) is 15.5. The molecule has 6 nitrogen and oxygen atoms in total. The monoisotopic (exact) mass is 401 g/mol. The minimum Gasteiger partial charge on any atom is -0.494 e. The molecule has 1 aromatic carbocycles. The van der Waals surface area contributed by atoms with Crippen LogP contribution in [0, 0.1) is 5.82 Å². The number of amides is 2. The van der Waals surface area contributed by atoms with Gasteiger partial charge < -0.3 is 20.7 Å². The molecule has 0 spiro atoms. The zero-order chi connectivity index (χ0) is 18.8. The van der Waals surface area contributed by atoms with E-state index < -0.39 is 0 Å². The molecule has 0 aromatic heterocycles. The molecule has 3 N–H and O–H groups in total. The lowest BCUT2D eigenvalue weighted by molar-refractivity contribution is -0.135. The van der Waals surface area contributed by atoms with Gasteiger partial charge in [-0.3, -0.25) is 9.59 Å². The van der Waals surface area contributed by atoms with Crippen molar-refractivity contribution in [3.05, 3.63) is 30.1 Å². The highest BCUT2D eigenvalue weighted by molar-refractivity contribution is 5.85. The summed E-state index contributed by atoms with van der Waals surface area (Å²) >= 11 is 0. The first-order chi connectivity index (χ1) is 12.6. The van der Waals surface area contributed by atoms with Gasteiger partial charge in [-0.05, 0) is 49.9 Å². The van der Waals surface area contributed by atoms with Crippen LogP contribution in [0.1, 0.15) is 38.5 Å². The summed E-state index contributed by atoms with van der Waals surface area (Å²) in [4.78, 5) is 26.0. The Balaban J connectivity index is 0.00000364. The van der Waals surface area contributed by atoms with Crippen LogP contribution in [0.25, 0.3) is 0 Å². The van der Waals surface area contributed by atoms with E-state index in [-0.39, 0.29) is 36.1 Å². The number of nitrogens with zero attached hydrogens (tertiary/aromatic N) is 1. The van der Waals surface area contributed by atoms with Crippen molar-refractivity contribution in [2.75, 3.05) is 26.2 Å². The molecule has 27 heavy (non-hydrogen) atoms. The summed E-state index contributed by atoms with van der Waals surface area (Å²) in [5.41, 5.74) is 5.38. The van der Waals surface area contributed by atoms with Crippen LogP contribution in [-0.4, -0.2) is 49.0 Å².